The van der Waals surface area contributed by atoms with Crippen molar-refractivity contribution in [3.8, 4) is 56.2 Å². The zero-order valence-electron chi connectivity index (χ0n) is 41.4. The van der Waals surface area contributed by atoms with Gasteiger partial charge in [0.1, 0.15) is 11.3 Å². The molecular weight excluding hydrogens is 925 g/mol. The minimum Gasteiger partial charge on any atom is -0.310 e. The molecule has 0 aliphatic rings. The van der Waals surface area contributed by atoms with Gasteiger partial charge >= 0.3 is 0 Å². The molecule has 0 saturated heterocycles. The highest BCUT2D eigenvalue weighted by molar-refractivity contribution is 5.92. The van der Waals surface area contributed by atoms with Crippen molar-refractivity contribution in [2.45, 2.75) is 0 Å². The van der Waals surface area contributed by atoms with Crippen molar-refractivity contribution in [3.05, 3.63) is 291 Å². The third-order valence-corrected chi connectivity index (χ3v) is 14.5. The van der Waals surface area contributed by atoms with Gasteiger partial charge in [0, 0.05) is 68.8 Å². The van der Waals surface area contributed by atoms with Crippen molar-refractivity contribution >= 4 is 67.0 Å². The monoisotopic (exact) mass is 972 g/mol. The van der Waals surface area contributed by atoms with Gasteiger partial charge in [-0.1, -0.05) is 182 Å². The van der Waals surface area contributed by atoms with Crippen LogP contribution in [0.15, 0.2) is 291 Å². The summed E-state index contributed by atoms with van der Waals surface area (Å²) in [6.07, 6.45) is 4.18. The molecule has 4 heterocycles. The molecule has 14 rings (SSSR count). The zero-order chi connectivity index (χ0) is 50.4. The summed E-state index contributed by atoms with van der Waals surface area (Å²) < 4.78 is 4.36. The van der Waals surface area contributed by atoms with E-state index in [0.29, 0.717) is 0 Å². The van der Waals surface area contributed by atoms with E-state index in [1.165, 1.54) is 21.5 Å². The summed E-state index contributed by atoms with van der Waals surface area (Å²) in [6.45, 7) is 0. The third-order valence-electron chi connectivity index (χ3n) is 14.5. The molecule has 0 aliphatic heterocycles. The van der Waals surface area contributed by atoms with Crippen LogP contribution >= 0.6 is 0 Å². The molecule has 6 nitrogen and oxygen atoms in total. The minimum atomic E-state index is 0.916. The molecule has 10 aromatic carbocycles. The first-order valence-electron chi connectivity index (χ1n) is 25.7. The summed E-state index contributed by atoms with van der Waals surface area (Å²) in [5.41, 5.74) is 18.9. The predicted octanol–water partition coefficient (Wildman–Crippen LogP) is 18.6. The quantitative estimate of drug-likeness (QED) is 0.129. The number of fused-ring (bicyclic) bond motifs is 4. The molecule has 0 saturated carbocycles. The Bertz CT molecular complexity index is 4090. The van der Waals surface area contributed by atoms with Crippen LogP contribution in [0.3, 0.4) is 0 Å². The lowest BCUT2D eigenvalue weighted by Gasteiger charge is -2.27. The van der Waals surface area contributed by atoms with Gasteiger partial charge in [0.15, 0.2) is 0 Å². The van der Waals surface area contributed by atoms with E-state index in [2.05, 4.69) is 298 Å². The molecule has 0 unspecified atom stereocenters. The largest absolute Gasteiger partial charge is 0.310 e. The molecule has 0 fully saturated rings. The van der Waals surface area contributed by atoms with E-state index >= 15 is 0 Å². The second-order valence-corrected chi connectivity index (χ2v) is 19.1. The molecule has 76 heavy (non-hydrogen) atoms. The summed E-state index contributed by atoms with van der Waals surface area (Å²) in [6, 6.07) is 99.4. The Morgan fingerprint density at radius 2 is 0.553 bits per heavy atom. The maximum atomic E-state index is 5.15. The van der Waals surface area contributed by atoms with Crippen molar-refractivity contribution in [1.29, 1.82) is 0 Å². The van der Waals surface area contributed by atoms with E-state index in [0.717, 1.165) is 102 Å². The number of benzene rings is 10. The van der Waals surface area contributed by atoms with Gasteiger partial charge in [0.2, 0.25) is 0 Å². The molecular formula is C70H48N6. The van der Waals surface area contributed by atoms with Gasteiger partial charge in [-0.15, -0.1) is 0 Å². The van der Waals surface area contributed by atoms with Gasteiger partial charge < -0.3 is 9.80 Å². The lowest BCUT2D eigenvalue weighted by Crippen LogP contribution is -2.10. The molecule has 0 N–H and O–H groups in total. The number of rotatable bonds is 11. The van der Waals surface area contributed by atoms with Crippen LogP contribution in [-0.4, -0.2) is 18.8 Å². The average molecular weight is 973 g/mol. The van der Waals surface area contributed by atoms with Crippen LogP contribution in [0.25, 0.3) is 89.0 Å². The van der Waals surface area contributed by atoms with Gasteiger partial charge in [0.25, 0.3) is 0 Å². The van der Waals surface area contributed by atoms with Crippen LogP contribution in [0.1, 0.15) is 0 Å². The molecule has 14 aromatic rings. The SMILES string of the molecule is c1ccc(-c2c(-c3ccc(N(c4ccc(-c5ccc(N(c6ccc(-c7nc8ccccn8c7-c7ccccc7)cc6)c6ccc7ccccc7c6)cc5)cc4)c4ccc5ccccc5c4)cc3)nc3ccccn23)cc1. The van der Waals surface area contributed by atoms with Crippen LogP contribution in [0.4, 0.5) is 34.1 Å². The fourth-order valence-corrected chi connectivity index (χ4v) is 10.8. The highest BCUT2D eigenvalue weighted by atomic mass is 15.1. The van der Waals surface area contributed by atoms with Crippen LogP contribution in [0.5, 0.6) is 0 Å². The predicted molar refractivity (Wildman–Crippen MR) is 316 cm³/mol. The molecule has 0 spiro atoms. The zero-order valence-corrected chi connectivity index (χ0v) is 41.4. The van der Waals surface area contributed by atoms with Crippen LogP contribution < -0.4 is 9.80 Å². The number of nitrogens with zero attached hydrogens (tertiary/aromatic N) is 6. The van der Waals surface area contributed by atoms with E-state index in [1.807, 2.05) is 12.1 Å². The average Bonchev–Trinajstić information content (AvgIpc) is 4.08. The minimum absolute atomic E-state index is 0.916. The van der Waals surface area contributed by atoms with Gasteiger partial charge in [-0.2, -0.15) is 0 Å². The highest BCUT2D eigenvalue weighted by Crippen LogP contribution is 2.42. The van der Waals surface area contributed by atoms with Crippen LogP contribution in [0, 0.1) is 0 Å². The van der Waals surface area contributed by atoms with Crippen molar-refractivity contribution in [3.63, 3.8) is 0 Å². The molecule has 0 bridgehead atoms. The van der Waals surface area contributed by atoms with E-state index in [-0.39, 0.29) is 0 Å². The summed E-state index contributed by atoms with van der Waals surface area (Å²) >= 11 is 0. The molecule has 0 radical (unpaired) electrons. The van der Waals surface area contributed by atoms with E-state index in [9.17, 15) is 0 Å². The van der Waals surface area contributed by atoms with E-state index < -0.39 is 0 Å². The van der Waals surface area contributed by atoms with E-state index in [4.69, 9.17) is 9.97 Å². The van der Waals surface area contributed by atoms with Crippen molar-refractivity contribution in [2.75, 3.05) is 9.80 Å². The Labute approximate surface area is 441 Å². The van der Waals surface area contributed by atoms with Gasteiger partial charge in [-0.05, 0) is 130 Å². The van der Waals surface area contributed by atoms with Crippen LogP contribution in [-0.2, 0) is 0 Å². The highest BCUT2D eigenvalue weighted by Gasteiger charge is 2.21. The molecule has 0 aliphatic carbocycles. The van der Waals surface area contributed by atoms with Gasteiger partial charge in [0.05, 0.1) is 22.8 Å². The maximum absolute atomic E-state index is 5.15. The number of pyridine rings is 2. The standard InChI is InChI=1S/C70H48N6/c1-3-17-55(18-4-1)69-67(71-65-23-11-13-45-73(65)69)53-31-39-61(40-32-53)75(63-43-29-49-15-7-9-21-57(49)47-63)59-35-25-51(26-36-59)52-27-37-60(38-28-52)76(64-44-30-50-16-8-10-22-58(50)48-64)62-41-33-54(34-42-62)68-70(56-19-5-2-6-20-56)74-46-14-12-24-66(74)72-68/h1-48H. The van der Waals surface area contributed by atoms with Gasteiger partial charge in [-0.3, -0.25) is 8.80 Å². The maximum Gasteiger partial charge on any atom is 0.137 e. The third kappa shape index (κ3) is 8.11. The molecule has 358 valence electrons. The topological polar surface area (TPSA) is 41.1 Å². The van der Waals surface area contributed by atoms with E-state index in [1.54, 1.807) is 0 Å². The second-order valence-electron chi connectivity index (χ2n) is 19.1. The summed E-state index contributed by atoms with van der Waals surface area (Å²) in [4.78, 5) is 15.0. The fourth-order valence-electron chi connectivity index (χ4n) is 10.8. The molecule has 0 atom stereocenters. The second kappa shape index (κ2) is 19.0. The van der Waals surface area contributed by atoms with Crippen molar-refractivity contribution < 1.29 is 0 Å². The Morgan fingerprint density at radius 1 is 0.237 bits per heavy atom. The smallest absolute Gasteiger partial charge is 0.137 e. The molecule has 6 heteroatoms. The lowest BCUT2D eigenvalue weighted by molar-refractivity contribution is 1.19. The van der Waals surface area contributed by atoms with Crippen molar-refractivity contribution in [2.24, 2.45) is 0 Å². The number of hydrogen-bond donors (Lipinski definition) is 0. The Balaban J connectivity index is 0.803. The van der Waals surface area contributed by atoms with Gasteiger partial charge in [-0.25, -0.2) is 9.97 Å². The first-order chi connectivity index (χ1) is 37.7. The number of anilines is 6. The summed E-state index contributed by atoms with van der Waals surface area (Å²) in [7, 11) is 0. The Kier molecular flexibility index (Phi) is 11.1. The first kappa shape index (κ1) is 44.4. The summed E-state index contributed by atoms with van der Waals surface area (Å²) in [5, 5.41) is 4.79. The molecule has 0 amide bonds. The van der Waals surface area contributed by atoms with Crippen LogP contribution in [0.2, 0.25) is 0 Å². The lowest BCUT2D eigenvalue weighted by atomic mass is 10.0. The number of aromatic nitrogens is 4. The first-order valence-corrected chi connectivity index (χ1v) is 25.7. The fraction of sp³-hybridized carbons (Fsp3) is 0. The Morgan fingerprint density at radius 3 is 0.934 bits per heavy atom. The number of imidazole rings is 2. The number of hydrogen-bond acceptors (Lipinski definition) is 4. The normalized spacial score (nSPS) is 11.4. The Hall–Kier alpha value is -10.3. The van der Waals surface area contributed by atoms with Crippen molar-refractivity contribution in [1.82, 2.24) is 18.8 Å². The summed E-state index contributed by atoms with van der Waals surface area (Å²) in [5.74, 6) is 0. The molecule has 4 aromatic heterocycles.